The summed E-state index contributed by atoms with van der Waals surface area (Å²) in [6.45, 7) is 3.14. The van der Waals surface area contributed by atoms with E-state index in [-0.39, 0.29) is 27.9 Å². The number of esters is 1. The minimum Gasteiger partial charge on any atom is -0.480 e. The number of benzene rings is 4. The molecule has 0 saturated heterocycles. The van der Waals surface area contributed by atoms with Crippen molar-refractivity contribution in [2.75, 3.05) is 25.0 Å². The fraction of sp³-hybridized carbons (Fsp3) is 0.216. The Balaban J connectivity index is 1.61. The molecule has 0 bridgehead atoms. The number of carboxylic acid groups (broad SMARTS) is 2. The zero-order valence-corrected chi connectivity index (χ0v) is 27.0. The number of carbonyl (C=O) groups is 5. The topological polar surface area (TPSA) is 150 Å². The van der Waals surface area contributed by atoms with Crippen molar-refractivity contribution in [1.29, 1.82) is 0 Å². The Morgan fingerprint density at radius 3 is 1.92 bits per heavy atom. The summed E-state index contributed by atoms with van der Waals surface area (Å²) in [7, 11) is 0. The SMILES string of the molecule is CCN(CC)C(=O)c1cc(CC(=O)OCC(C(=O)O)(C(=O)O)c2ccccc2)ccc1NC(=O)c1ccccc1-c1ccc(C(F)(F)F)cc1. The molecule has 50 heavy (non-hydrogen) atoms. The average molecular weight is 691 g/mol. The number of carboxylic acids is 2. The Bertz CT molecular complexity index is 1880. The van der Waals surface area contributed by atoms with Gasteiger partial charge in [-0.25, -0.2) is 0 Å². The molecule has 3 N–H and O–H groups in total. The highest BCUT2D eigenvalue weighted by molar-refractivity contribution is 6.12. The number of nitrogens with one attached hydrogen (secondary N) is 1. The van der Waals surface area contributed by atoms with Gasteiger partial charge in [-0.15, -0.1) is 0 Å². The normalized spacial score (nSPS) is 11.4. The monoisotopic (exact) mass is 690 g/mol. The molecule has 10 nitrogen and oxygen atoms in total. The van der Waals surface area contributed by atoms with Gasteiger partial charge in [-0.1, -0.05) is 66.7 Å². The Hall–Kier alpha value is -5.98. The van der Waals surface area contributed by atoms with Crippen molar-refractivity contribution in [3.8, 4) is 11.1 Å². The molecule has 0 fully saturated rings. The van der Waals surface area contributed by atoms with E-state index >= 15 is 0 Å². The van der Waals surface area contributed by atoms with Crippen LogP contribution in [-0.2, 0) is 37.1 Å². The summed E-state index contributed by atoms with van der Waals surface area (Å²) in [5.41, 5.74) is -2.30. The molecule has 0 aliphatic carbocycles. The summed E-state index contributed by atoms with van der Waals surface area (Å²) >= 11 is 0. The van der Waals surface area contributed by atoms with Crippen LogP contribution in [0, 0.1) is 0 Å². The third-order valence-electron chi connectivity index (χ3n) is 8.10. The van der Waals surface area contributed by atoms with E-state index in [1.165, 1.54) is 65.6 Å². The quantitative estimate of drug-likeness (QED) is 0.109. The maximum absolute atomic E-state index is 13.6. The van der Waals surface area contributed by atoms with Crippen molar-refractivity contribution in [1.82, 2.24) is 4.90 Å². The van der Waals surface area contributed by atoms with Gasteiger partial charge in [0.05, 0.1) is 23.2 Å². The first-order chi connectivity index (χ1) is 23.7. The van der Waals surface area contributed by atoms with Crippen LogP contribution in [0.25, 0.3) is 11.1 Å². The van der Waals surface area contributed by atoms with Gasteiger partial charge in [0.1, 0.15) is 6.61 Å². The second kappa shape index (κ2) is 15.5. The van der Waals surface area contributed by atoms with E-state index < -0.39 is 59.9 Å². The number of ether oxygens (including phenoxy) is 1. The summed E-state index contributed by atoms with van der Waals surface area (Å²) in [6.07, 6.45) is -5.00. The van der Waals surface area contributed by atoms with E-state index in [4.69, 9.17) is 4.74 Å². The number of rotatable bonds is 13. The first-order valence-electron chi connectivity index (χ1n) is 15.4. The number of halogens is 3. The third-order valence-corrected chi connectivity index (χ3v) is 8.10. The maximum Gasteiger partial charge on any atom is 0.416 e. The van der Waals surface area contributed by atoms with Gasteiger partial charge in [-0.2, -0.15) is 13.2 Å². The van der Waals surface area contributed by atoms with Crippen molar-refractivity contribution < 1.29 is 52.1 Å². The van der Waals surface area contributed by atoms with Gasteiger partial charge in [0.2, 0.25) is 5.41 Å². The molecule has 0 atom stereocenters. The predicted octanol–water partition coefficient (Wildman–Crippen LogP) is 6.30. The van der Waals surface area contributed by atoms with Crippen LogP contribution < -0.4 is 5.32 Å². The van der Waals surface area contributed by atoms with Crippen LogP contribution in [0.3, 0.4) is 0 Å². The van der Waals surface area contributed by atoms with Crippen molar-refractivity contribution in [2.24, 2.45) is 0 Å². The molecule has 0 aliphatic rings. The van der Waals surface area contributed by atoms with Crippen LogP contribution in [0.15, 0.2) is 97.1 Å². The molecule has 0 unspecified atom stereocenters. The fourth-order valence-corrected chi connectivity index (χ4v) is 5.30. The van der Waals surface area contributed by atoms with E-state index in [2.05, 4.69) is 5.32 Å². The largest absolute Gasteiger partial charge is 0.480 e. The van der Waals surface area contributed by atoms with Crippen molar-refractivity contribution in [3.05, 3.63) is 125 Å². The van der Waals surface area contributed by atoms with E-state index in [0.29, 0.717) is 24.2 Å². The highest BCUT2D eigenvalue weighted by Crippen LogP contribution is 2.33. The molecule has 0 radical (unpaired) electrons. The molecule has 0 spiro atoms. The lowest BCUT2D eigenvalue weighted by Gasteiger charge is -2.25. The lowest BCUT2D eigenvalue weighted by Crippen LogP contribution is -2.48. The number of alkyl halides is 3. The van der Waals surface area contributed by atoms with Gasteiger partial charge in [0.15, 0.2) is 0 Å². The predicted molar refractivity (Wildman–Crippen MR) is 177 cm³/mol. The second-order valence-electron chi connectivity index (χ2n) is 11.2. The Morgan fingerprint density at radius 1 is 0.740 bits per heavy atom. The van der Waals surface area contributed by atoms with Gasteiger partial charge in [0, 0.05) is 18.7 Å². The minimum atomic E-state index is -4.53. The summed E-state index contributed by atoms with van der Waals surface area (Å²) in [4.78, 5) is 65.9. The Morgan fingerprint density at radius 2 is 1.34 bits per heavy atom. The summed E-state index contributed by atoms with van der Waals surface area (Å²) in [5.74, 6) is -5.54. The van der Waals surface area contributed by atoms with Gasteiger partial charge in [-0.05, 0) is 66.4 Å². The van der Waals surface area contributed by atoms with Crippen LogP contribution in [-0.4, -0.2) is 64.5 Å². The standard InChI is InChI=1S/C37H33F3N2O8/c1-3-42(4-2)33(45)29-20-23(21-31(43)50-22-36(34(46)47,35(48)49)25-10-6-5-7-11-25)14-19-30(29)41-32(44)28-13-9-8-12-27(28)24-15-17-26(18-16-24)37(38,39)40/h5-20H,3-4,21-22H2,1-2H3,(H,41,44)(H,46,47)(H,48,49). The molecule has 0 aliphatic heterocycles. The maximum atomic E-state index is 13.6. The van der Waals surface area contributed by atoms with Gasteiger partial charge in [-0.3, -0.25) is 24.0 Å². The van der Waals surface area contributed by atoms with Crippen molar-refractivity contribution >= 4 is 35.4 Å². The van der Waals surface area contributed by atoms with E-state index in [1.54, 1.807) is 38.1 Å². The number of aliphatic carboxylic acids is 2. The number of nitrogens with zero attached hydrogens (tertiary/aromatic N) is 1. The molecular weight excluding hydrogens is 657 g/mol. The van der Waals surface area contributed by atoms with E-state index in [1.807, 2.05) is 0 Å². The lowest BCUT2D eigenvalue weighted by molar-refractivity contribution is -0.164. The molecule has 4 aromatic carbocycles. The summed E-state index contributed by atoms with van der Waals surface area (Å²) in [5, 5.41) is 22.4. The number of amides is 2. The molecule has 0 aromatic heterocycles. The molecular formula is C37H33F3N2O8. The first-order valence-corrected chi connectivity index (χ1v) is 15.4. The first kappa shape index (κ1) is 36.8. The van der Waals surface area contributed by atoms with Gasteiger partial charge >= 0.3 is 24.1 Å². The Labute approximate surface area is 285 Å². The smallest absolute Gasteiger partial charge is 0.416 e. The van der Waals surface area contributed by atoms with E-state index in [0.717, 1.165) is 12.1 Å². The number of carbonyl (C=O) groups excluding carboxylic acids is 3. The average Bonchev–Trinajstić information content (AvgIpc) is 3.09. The summed E-state index contributed by atoms with van der Waals surface area (Å²) in [6, 6.07) is 21.9. The lowest BCUT2D eigenvalue weighted by atomic mass is 9.81. The van der Waals surface area contributed by atoms with Crippen LogP contribution in [0.5, 0.6) is 0 Å². The van der Waals surface area contributed by atoms with Crippen LogP contribution in [0.4, 0.5) is 18.9 Å². The summed E-state index contributed by atoms with van der Waals surface area (Å²) < 4.78 is 44.6. The second-order valence-corrected chi connectivity index (χ2v) is 11.2. The highest BCUT2D eigenvalue weighted by atomic mass is 19.4. The third kappa shape index (κ3) is 8.00. The van der Waals surface area contributed by atoms with Crippen LogP contribution >= 0.6 is 0 Å². The zero-order valence-electron chi connectivity index (χ0n) is 27.0. The van der Waals surface area contributed by atoms with Gasteiger partial charge in [0.25, 0.3) is 11.8 Å². The fourth-order valence-electron chi connectivity index (χ4n) is 5.30. The van der Waals surface area contributed by atoms with Crippen LogP contribution in [0.1, 0.15) is 51.3 Å². The zero-order chi connectivity index (χ0) is 36.6. The molecule has 13 heteroatoms. The van der Waals surface area contributed by atoms with Crippen LogP contribution in [0.2, 0.25) is 0 Å². The molecule has 4 aromatic rings. The molecule has 0 saturated carbocycles. The molecule has 2 amide bonds. The number of hydrogen-bond acceptors (Lipinski definition) is 6. The van der Waals surface area contributed by atoms with Crippen molar-refractivity contribution in [3.63, 3.8) is 0 Å². The molecule has 260 valence electrons. The highest BCUT2D eigenvalue weighted by Gasteiger charge is 2.50. The number of anilines is 1. The Kier molecular flexibility index (Phi) is 11.4. The van der Waals surface area contributed by atoms with E-state index in [9.17, 15) is 47.4 Å². The van der Waals surface area contributed by atoms with Gasteiger partial charge < -0.3 is 25.2 Å². The number of hydrogen-bond donors (Lipinski definition) is 3. The molecule has 4 rings (SSSR count). The molecule has 0 heterocycles. The van der Waals surface area contributed by atoms with Crippen molar-refractivity contribution in [2.45, 2.75) is 31.9 Å². The minimum absolute atomic E-state index is 0.0223.